The largest absolute Gasteiger partial charge is 0.456 e. The van der Waals surface area contributed by atoms with E-state index in [1.807, 2.05) is 19.1 Å². The fourth-order valence-corrected chi connectivity index (χ4v) is 2.27. The molecule has 0 N–H and O–H groups in total. The van der Waals surface area contributed by atoms with E-state index in [1.54, 1.807) is 24.3 Å². The van der Waals surface area contributed by atoms with Gasteiger partial charge in [0.2, 0.25) is 0 Å². The van der Waals surface area contributed by atoms with Gasteiger partial charge in [0.25, 0.3) is 0 Å². The van der Waals surface area contributed by atoms with Crippen molar-refractivity contribution in [3.8, 4) is 17.6 Å². The molecule has 0 atom stereocenters. The van der Waals surface area contributed by atoms with Crippen LogP contribution in [0.3, 0.4) is 0 Å². The fraction of sp³-hybridized carbons (Fsp3) is 0.188. The predicted molar refractivity (Wildman–Crippen MR) is 81.6 cm³/mol. The number of nitriles is 1. The van der Waals surface area contributed by atoms with Gasteiger partial charge in [0.15, 0.2) is 0 Å². The van der Waals surface area contributed by atoms with E-state index in [2.05, 4.69) is 6.07 Å². The summed E-state index contributed by atoms with van der Waals surface area (Å²) in [7, 11) is 0. The normalized spacial score (nSPS) is 10.1. The fourth-order valence-electron chi connectivity index (χ4n) is 1.85. The van der Waals surface area contributed by atoms with Gasteiger partial charge in [0, 0.05) is 10.9 Å². The second-order valence-electron chi connectivity index (χ2n) is 4.28. The van der Waals surface area contributed by atoms with Crippen LogP contribution in [0.2, 0.25) is 5.02 Å². The lowest BCUT2D eigenvalue weighted by atomic mass is 10.1. The number of nitrogens with zero attached hydrogens (tertiary/aromatic N) is 1. The quantitative estimate of drug-likeness (QED) is 0.718. The summed E-state index contributed by atoms with van der Waals surface area (Å²) in [4.78, 5) is 0. The van der Waals surface area contributed by atoms with Crippen LogP contribution in [-0.4, -0.2) is 0 Å². The van der Waals surface area contributed by atoms with Gasteiger partial charge < -0.3 is 4.74 Å². The van der Waals surface area contributed by atoms with Gasteiger partial charge in [-0.3, -0.25) is 0 Å². The van der Waals surface area contributed by atoms with Crippen LogP contribution in [0.25, 0.3) is 0 Å². The van der Waals surface area contributed by atoms with Crippen molar-refractivity contribution in [1.82, 2.24) is 0 Å². The molecule has 0 fully saturated rings. The highest BCUT2D eigenvalue weighted by Gasteiger charge is 2.07. The third-order valence-electron chi connectivity index (χ3n) is 2.94. The molecular formula is C16H13Cl2NO. The van der Waals surface area contributed by atoms with Gasteiger partial charge >= 0.3 is 0 Å². The van der Waals surface area contributed by atoms with Crippen molar-refractivity contribution in [1.29, 1.82) is 5.26 Å². The highest BCUT2D eigenvalue weighted by atomic mass is 35.5. The molecule has 0 saturated carbocycles. The molecule has 0 aliphatic heterocycles. The highest BCUT2D eigenvalue weighted by Crippen LogP contribution is 2.29. The van der Waals surface area contributed by atoms with Gasteiger partial charge in [-0.05, 0) is 47.9 Å². The lowest BCUT2D eigenvalue weighted by molar-refractivity contribution is 0.480. The molecule has 0 unspecified atom stereocenters. The smallest absolute Gasteiger partial charge is 0.145 e. The van der Waals surface area contributed by atoms with Crippen molar-refractivity contribution < 1.29 is 4.74 Å². The number of ether oxygens (including phenoxy) is 1. The summed E-state index contributed by atoms with van der Waals surface area (Å²) in [6.07, 6.45) is 0.826. The predicted octanol–water partition coefficient (Wildman–Crippen LogP) is 5.31. The molecule has 2 aromatic carbocycles. The molecule has 102 valence electrons. The Balaban J connectivity index is 2.32. The molecule has 2 rings (SSSR count). The molecule has 0 spiro atoms. The van der Waals surface area contributed by atoms with Crippen LogP contribution in [0.1, 0.15) is 23.6 Å². The molecule has 20 heavy (non-hydrogen) atoms. The van der Waals surface area contributed by atoms with E-state index in [-0.39, 0.29) is 0 Å². The Hall–Kier alpha value is -1.69. The Bertz CT molecular complexity index is 662. The zero-order valence-electron chi connectivity index (χ0n) is 11.0. The molecule has 0 radical (unpaired) electrons. The standard InChI is InChI=1S/C16H13Cl2NO/c1-2-12-8-14(4-5-15(12)18)20-16-6-3-11(9-17)7-13(16)10-19/h3-8H,2,9H2,1H3. The molecule has 0 saturated heterocycles. The van der Waals surface area contributed by atoms with Crippen LogP contribution >= 0.6 is 23.2 Å². The summed E-state index contributed by atoms with van der Waals surface area (Å²) in [6.45, 7) is 2.03. The first kappa shape index (κ1) is 14.7. The van der Waals surface area contributed by atoms with Gasteiger partial charge in [-0.15, -0.1) is 11.6 Å². The van der Waals surface area contributed by atoms with Crippen LogP contribution in [-0.2, 0) is 12.3 Å². The van der Waals surface area contributed by atoms with E-state index < -0.39 is 0 Å². The zero-order valence-corrected chi connectivity index (χ0v) is 12.5. The van der Waals surface area contributed by atoms with Gasteiger partial charge in [0.1, 0.15) is 17.6 Å². The average Bonchev–Trinajstić information content (AvgIpc) is 2.49. The Morgan fingerprint density at radius 2 is 2.00 bits per heavy atom. The maximum absolute atomic E-state index is 9.17. The SMILES string of the molecule is CCc1cc(Oc2ccc(CCl)cc2C#N)ccc1Cl. The van der Waals surface area contributed by atoms with Crippen molar-refractivity contribution in [3.63, 3.8) is 0 Å². The molecular weight excluding hydrogens is 293 g/mol. The van der Waals surface area contributed by atoms with Crippen molar-refractivity contribution in [2.75, 3.05) is 0 Å². The lowest BCUT2D eigenvalue weighted by Gasteiger charge is -2.10. The molecule has 0 amide bonds. The van der Waals surface area contributed by atoms with E-state index in [9.17, 15) is 0 Å². The number of hydrogen-bond donors (Lipinski definition) is 0. The molecule has 0 bridgehead atoms. The minimum absolute atomic E-state index is 0.371. The first-order valence-electron chi connectivity index (χ1n) is 6.23. The van der Waals surface area contributed by atoms with E-state index in [4.69, 9.17) is 33.2 Å². The van der Waals surface area contributed by atoms with Gasteiger partial charge in [-0.25, -0.2) is 0 Å². The minimum atomic E-state index is 0.371. The molecule has 2 aromatic rings. The topological polar surface area (TPSA) is 33.0 Å². The molecule has 0 aliphatic rings. The Morgan fingerprint density at radius 1 is 1.20 bits per heavy atom. The Morgan fingerprint density at radius 3 is 2.65 bits per heavy atom. The number of aryl methyl sites for hydroxylation is 1. The first-order chi connectivity index (χ1) is 9.67. The van der Waals surface area contributed by atoms with Crippen molar-refractivity contribution >= 4 is 23.2 Å². The summed E-state index contributed by atoms with van der Waals surface area (Å²) in [5, 5.41) is 9.89. The van der Waals surface area contributed by atoms with Gasteiger partial charge in [-0.2, -0.15) is 5.26 Å². The van der Waals surface area contributed by atoms with E-state index >= 15 is 0 Å². The monoisotopic (exact) mass is 305 g/mol. The minimum Gasteiger partial charge on any atom is -0.456 e. The summed E-state index contributed by atoms with van der Waals surface area (Å²) >= 11 is 11.8. The van der Waals surface area contributed by atoms with Crippen LogP contribution in [0, 0.1) is 11.3 Å². The first-order valence-corrected chi connectivity index (χ1v) is 7.14. The van der Waals surface area contributed by atoms with Crippen molar-refractivity contribution in [3.05, 3.63) is 58.1 Å². The number of alkyl halides is 1. The molecule has 2 nitrogen and oxygen atoms in total. The lowest BCUT2D eigenvalue weighted by Crippen LogP contribution is -1.91. The highest BCUT2D eigenvalue weighted by molar-refractivity contribution is 6.31. The zero-order chi connectivity index (χ0) is 14.5. The number of rotatable bonds is 4. The Labute approximate surface area is 128 Å². The third kappa shape index (κ3) is 3.25. The van der Waals surface area contributed by atoms with Crippen molar-refractivity contribution in [2.45, 2.75) is 19.2 Å². The van der Waals surface area contributed by atoms with Gasteiger partial charge in [-0.1, -0.05) is 24.6 Å². The van der Waals surface area contributed by atoms with Crippen LogP contribution in [0.4, 0.5) is 0 Å². The number of hydrogen-bond acceptors (Lipinski definition) is 2. The maximum Gasteiger partial charge on any atom is 0.145 e. The number of benzene rings is 2. The summed E-state index contributed by atoms with van der Waals surface area (Å²) in [6, 6.07) is 12.9. The maximum atomic E-state index is 9.17. The summed E-state index contributed by atoms with van der Waals surface area (Å²) < 4.78 is 5.77. The van der Waals surface area contributed by atoms with Crippen molar-refractivity contribution in [2.24, 2.45) is 0 Å². The molecule has 0 heterocycles. The van der Waals surface area contributed by atoms with E-state index in [0.717, 1.165) is 22.6 Å². The Kier molecular flexibility index (Phi) is 4.89. The van der Waals surface area contributed by atoms with Gasteiger partial charge in [0.05, 0.1) is 5.56 Å². The molecule has 0 aromatic heterocycles. The van der Waals surface area contributed by atoms with E-state index in [1.165, 1.54) is 0 Å². The second kappa shape index (κ2) is 6.65. The van der Waals surface area contributed by atoms with Crippen LogP contribution in [0.15, 0.2) is 36.4 Å². The molecule has 0 aliphatic carbocycles. The summed E-state index contributed by atoms with van der Waals surface area (Å²) in [5.74, 6) is 1.56. The third-order valence-corrected chi connectivity index (χ3v) is 3.62. The van der Waals surface area contributed by atoms with Crippen LogP contribution in [0.5, 0.6) is 11.5 Å². The molecule has 4 heteroatoms. The number of halogens is 2. The van der Waals surface area contributed by atoms with Crippen LogP contribution < -0.4 is 4.74 Å². The summed E-state index contributed by atoms with van der Waals surface area (Å²) in [5.41, 5.74) is 2.37. The average molecular weight is 306 g/mol. The second-order valence-corrected chi connectivity index (χ2v) is 4.96. The van der Waals surface area contributed by atoms with E-state index in [0.29, 0.717) is 22.9 Å².